The number of carbonyl (C=O) groups is 1. The SMILES string of the molecule is CCn1c(SCC(=O)Nc2nc(-c3ccc(C)c([N+](=O)[O-])c3)cs2)nnc1-c1ccc(Cl)cc1Cl. The maximum absolute atomic E-state index is 12.5. The van der Waals surface area contributed by atoms with Crippen LogP contribution in [0.3, 0.4) is 0 Å². The molecule has 2 aromatic heterocycles. The summed E-state index contributed by atoms with van der Waals surface area (Å²) in [6.07, 6.45) is 0. The summed E-state index contributed by atoms with van der Waals surface area (Å²) in [6.45, 7) is 4.22. The zero-order valence-electron chi connectivity index (χ0n) is 18.5. The van der Waals surface area contributed by atoms with Crippen LogP contribution in [0, 0.1) is 17.0 Å². The zero-order chi connectivity index (χ0) is 25.1. The van der Waals surface area contributed by atoms with Crippen LogP contribution in [0.15, 0.2) is 46.9 Å². The number of thiazole rings is 1. The van der Waals surface area contributed by atoms with Crippen LogP contribution in [0.2, 0.25) is 10.0 Å². The Labute approximate surface area is 218 Å². The molecule has 0 saturated carbocycles. The van der Waals surface area contributed by atoms with Gasteiger partial charge in [0.15, 0.2) is 16.1 Å². The van der Waals surface area contributed by atoms with E-state index in [2.05, 4.69) is 20.5 Å². The number of anilines is 1. The zero-order valence-corrected chi connectivity index (χ0v) is 21.6. The minimum atomic E-state index is -0.424. The molecule has 2 aromatic carbocycles. The van der Waals surface area contributed by atoms with Crippen molar-refractivity contribution in [3.8, 4) is 22.6 Å². The predicted octanol–water partition coefficient (Wildman–Crippen LogP) is 6.34. The minimum absolute atomic E-state index is 0.0248. The van der Waals surface area contributed by atoms with Gasteiger partial charge in [0, 0.05) is 39.7 Å². The number of hydrogen-bond acceptors (Lipinski definition) is 8. The van der Waals surface area contributed by atoms with Gasteiger partial charge < -0.3 is 9.88 Å². The average Bonchev–Trinajstić information content (AvgIpc) is 3.44. The number of benzene rings is 2. The molecule has 0 saturated heterocycles. The molecule has 4 rings (SSSR count). The van der Waals surface area contributed by atoms with Crippen molar-refractivity contribution < 1.29 is 9.72 Å². The third kappa shape index (κ3) is 5.64. The number of carbonyl (C=O) groups excluding carboxylic acids is 1. The highest BCUT2D eigenvalue weighted by Gasteiger charge is 2.18. The summed E-state index contributed by atoms with van der Waals surface area (Å²) in [6, 6.07) is 10.1. The highest BCUT2D eigenvalue weighted by atomic mass is 35.5. The second kappa shape index (κ2) is 10.7. The smallest absolute Gasteiger partial charge is 0.272 e. The van der Waals surface area contributed by atoms with Crippen molar-refractivity contribution in [2.75, 3.05) is 11.1 Å². The summed E-state index contributed by atoms with van der Waals surface area (Å²) < 4.78 is 1.87. The van der Waals surface area contributed by atoms with Crippen LogP contribution >= 0.6 is 46.3 Å². The number of nitro groups is 1. The Balaban J connectivity index is 1.43. The van der Waals surface area contributed by atoms with Gasteiger partial charge in [-0.05, 0) is 32.0 Å². The molecule has 1 amide bonds. The maximum atomic E-state index is 12.5. The Kier molecular flexibility index (Phi) is 7.70. The van der Waals surface area contributed by atoms with E-state index in [1.165, 1.54) is 29.2 Å². The van der Waals surface area contributed by atoms with Crippen molar-refractivity contribution in [2.45, 2.75) is 25.5 Å². The Hall–Kier alpha value is -2.99. The fourth-order valence-electron chi connectivity index (χ4n) is 3.27. The molecule has 13 heteroatoms. The number of hydrogen-bond donors (Lipinski definition) is 1. The molecular formula is C22H18Cl2N6O3S2. The van der Waals surface area contributed by atoms with E-state index in [9.17, 15) is 14.9 Å². The first-order valence-corrected chi connectivity index (χ1v) is 12.9. The van der Waals surface area contributed by atoms with Crippen molar-refractivity contribution in [1.29, 1.82) is 0 Å². The Morgan fingerprint density at radius 2 is 2.03 bits per heavy atom. The molecule has 0 bridgehead atoms. The predicted molar refractivity (Wildman–Crippen MR) is 139 cm³/mol. The molecule has 0 atom stereocenters. The standard InChI is InChI=1S/C22H18Cl2N6O3S2/c1-3-29-20(15-7-6-14(23)9-16(15)24)27-28-22(29)35-11-19(31)26-21-25-17(10-34-21)13-5-4-12(2)18(8-13)30(32)33/h4-10H,3,11H2,1-2H3,(H,25,26,31). The van der Waals surface area contributed by atoms with E-state index < -0.39 is 4.92 Å². The van der Waals surface area contributed by atoms with Crippen molar-refractivity contribution in [3.63, 3.8) is 0 Å². The molecule has 0 fully saturated rings. The lowest BCUT2D eigenvalue weighted by atomic mass is 10.1. The first-order chi connectivity index (χ1) is 16.8. The topological polar surface area (TPSA) is 116 Å². The number of nitrogens with one attached hydrogen (secondary N) is 1. The molecule has 1 N–H and O–H groups in total. The second-order valence-electron chi connectivity index (χ2n) is 7.31. The van der Waals surface area contributed by atoms with Gasteiger partial charge in [-0.25, -0.2) is 4.98 Å². The molecule has 9 nitrogen and oxygen atoms in total. The molecule has 4 aromatic rings. The van der Waals surface area contributed by atoms with Gasteiger partial charge in [-0.15, -0.1) is 21.5 Å². The van der Waals surface area contributed by atoms with Crippen molar-refractivity contribution in [2.24, 2.45) is 0 Å². The molecule has 0 aliphatic carbocycles. The number of halogens is 2. The molecule has 0 spiro atoms. The Morgan fingerprint density at radius 3 is 2.74 bits per heavy atom. The summed E-state index contributed by atoms with van der Waals surface area (Å²) in [4.78, 5) is 27.7. The first kappa shape index (κ1) is 25.1. The quantitative estimate of drug-likeness (QED) is 0.155. The molecular weight excluding hydrogens is 531 g/mol. The highest BCUT2D eigenvalue weighted by Crippen LogP contribution is 2.32. The summed E-state index contributed by atoms with van der Waals surface area (Å²) in [5, 5.41) is 26.1. The van der Waals surface area contributed by atoms with Gasteiger partial charge in [0.1, 0.15) is 0 Å². The largest absolute Gasteiger partial charge is 0.302 e. The number of nitrogens with zero attached hydrogens (tertiary/aromatic N) is 5. The van der Waals surface area contributed by atoms with Crippen LogP contribution in [0.1, 0.15) is 12.5 Å². The van der Waals surface area contributed by atoms with Gasteiger partial charge in [-0.1, -0.05) is 47.1 Å². The van der Waals surface area contributed by atoms with Gasteiger partial charge in [-0.2, -0.15) is 0 Å². The third-order valence-corrected chi connectivity index (χ3v) is 7.26. The van der Waals surface area contributed by atoms with Gasteiger partial charge in [0.25, 0.3) is 5.69 Å². The lowest BCUT2D eigenvalue weighted by molar-refractivity contribution is -0.385. The molecule has 180 valence electrons. The number of thioether (sulfide) groups is 1. The van der Waals surface area contributed by atoms with Crippen molar-refractivity contribution >= 4 is 63.0 Å². The van der Waals surface area contributed by atoms with E-state index in [-0.39, 0.29) is 17.3 Å². The van der Waals surface area contributed by atoms with E-state index in [1.54, 1.807) is 42.6 Å². The second-order valence-corrected chi connectivity index (χ2v) is 9.95. The van der Waals surface area contributed by atoms with E-state index in [4.69, 9.17) is 23.2 Å². The average molecular weight is 549 g/mol. The van der Waals surface area contributed by atoms with Gasteiger partial charge >= 0.3 is 0 Å². The van der Waals surface area contributed by atoms with Crippen molar-refractivity contribution in [1.82, 2.24) is 19.7 Å². The molecule has 2 heterocycles. The fraction of sp³-hybridized carbons (Fsp3) is 0.182. The molecule has 0 radical (unpaired) electrons. The van der Waals surface area contributed by atoms with E-state index >= 15 is 0 Å². The summed E-state index contributed by atoms with van der Waals surface area (Å²) in [5.41, 5.74) is 2.46. The van der Waals surface area contributed by atoms with Crippen LogP contribution < -0.4 is 5.32 Å². The molecule has 0 aliphatic rings. The number of aryl methyl sites for hydroxylation is 1. The first-order valence-electron chi connectivity index (χ1n) is 10.3. The molecule has 0 unspecified atom stereocenters. The minimum Gasteiger partial charge on any atom is -0.302 e. The molecule has 0 aliphatic heterocycles. The molecule has 35 heavy (non-hydrogen) atoms. The summed E-state index contributed by atoms with van der Waals surface area (Å²) in [5.74, 6) is 0.425. The number of rotatable bonds is 8. The Morgan fingerprint density at radius 1 is 1.23 bits per heavy atom. The van der Waals surface area contributed by atoms with Crippen LogP contribution in [-0.2, 0) is 11.3 Å². The summed E-state index contributed by atoms with van der Waals surface area (Å²) in [7, 11) is 0. The summed E-state index contributed by atoms with van der Waals surface area (Å²) >= 11 is 14.8. The highest BCUT2D eigenvalue weighted by molar-refractivity contribution is 7.99. The Bertz CT molecular complexity index is 1420. The lowest BCUT2D eigenvalue weighted by Gasteiger charge is -2.08. The van der Waals surface area contributed by atoms with Crippen molar-refractivity contribution in [3.05, 3.63) is 67.5 Å². The van der Waals surface area contributed by atoms with Crippen LogP contribution in [0.4, 0.5) is 10.8 Å². The maximum Gasteiger partial charge on any atom is 0.272 e. The lowest BCUT2D eigenvalue weighted by Crippen LogP contribution is -2.14. The monoisotopic (exact) mass is 548 g/mol. The number of nitro benzene ring substituents is 1. The van der Waals surface area contributed by atoms with E-state index in [0.29, 0.717) is 55.1 Å². The van der Waals surface area contributed by atoms with E-state index in [1.807, 2.05) is 11.5 Å². The van der Waals surface area contributed by atoms with Gasteiger partial charge in [0.05, 0.1) is 21.4 Å². The normalized spacial score (nSPS) is 11.0. The van der Waals surface area contributed by atoms with Gasteiger partial charge in [0.2, 0.25) is 5.91 Å². The van der Waals surface area contributed by atoms with Crippen LogP contribution in [0.25, 0.3) is 22.6 Å². The third-order valence-electron chi connectivity index (χ3n) is 4.99. The van der Waals surface area contributed by atoms with Gasteiger partial charge in [-0.3, -0.25) is 14.9 Å². The van der Waals surface area contributed by atoms with E-state index in [0.717, 1.165) is 0 Å². The van der Waals surface area contributed by atoms with Crippen LogP contribution in [0.5, 0.6) is 0 Å². The van der Waals surface area contributed by atoms with Crippen LogP contribution in [-0.4, -0.2) is 36.3 Å². The fourth-order valence-corrected chi connectivity index (χ4v) is 5.30. The number of amides is 1. The number of aromatic nitrogens is 4.